The van der Waals surface area contributed by atoms with Gasteiger partial charge in [-0.2, -0.15) is 0 Å². The van der Waals surface area contributed by atoms with Crippen molar-refractivity contribution < 1.29 is 19.1 Å². The Kier molecular flexibility index (Phi) is 3.89. The summed E-state index contributed by atoms with van der Waals surface area (Å²) in [6.45, 7) is 1.43. The number of nitrogens with zero attached hydrogens (tertiary/aromatic N) is 1. The van der Waals surface area contributed by atoms with Crippen LogP contribution in [0.2, 0.25) is 0 Å². The number of benzene rings is 1. The SMILES string of the molecule is C[C@H]1C(=O)Nc2ccc(C(=O)COC(=O)c3ccncc3)cc21. The first-order valence-corrected chi connectivity index (χ1v) is 7.11. The van der Waals surface area contributed by atoms with Crippen LogP contribution in [0.1, 0.15) is 39.1 Å². The molecule has 1 amide bonds. The number of hydrogen-bond acceptors (Lipinski definition) is 5. The van der Waals surface area contributed by atoms with Crippen LogP contribution in [0, 0.1) is 0 Å². The van der Waals surface area contributed by atoms with Crippen LogP contribution in [-0.4, -0.2) is 29.3 Å². The highest BCUT2D eigenvalue weighted by atomic mass is 16.5. The van der Waals surface area contributed by atoms with E-state index in [0.29, 0.717) is 16.8 Å². The van der Waals surface area contributed by atoms with Crippen molar-refractivity contribution in [1.82, 2.24) is 4.98 Å². The zero-order valence-corrected chi connectivity index (χ0v) is 12.4. The Labute approximate surface area is 132 Å². The minimum atomic E-state index is -0.577. The lowest BCUT2D eigenvalue weighted by Gasteiger charge is -2.07. The van der Waals surface area contributed by atoms with Crippen LogP contribution < -0.4 is 5.32 Å². The van der Waals surface area contributed by atoms with E-state index in [2.05, 4.69) is 10.3 Å². The fourth-order valence-corrected chi connectivity index (χ4v) is 2.38. The molecule has 0 unspecified atom stereocenters. The lowest BCUT2D eigenvalue weighted by Crippen LogP contribution is -2.14. The van der Waals surface area contributed by atoms with Gasteiger partial charge >= 0.3 is 5.97 Å². The molecule has 1 aliphatic rings. The maximum absolute atomic E-state index is 12.2. The minimum absolute atomic E-state index is 0.0892. The van der Waals surface area contributed by atoms with Gasteiger partial charge in [-0.15, -0.1) is 0 Å². The van der Waals surface area contributed by atoms with Crippen molar-refractivity contribution in [3.63, 3.8) is 0 Å². The summed E-state index contributed by atoms with van der Waals surface area (Å²) >= 11 is 0. The zero-order chi connectivity index (χ0) is 16.4. The Balaban J connectivity index is 1.68. The van der Waals surface area contributed by atoms with Gasteiger partial charge in [0.25, 0.3) is 0 Å². The Hall–Kier alpha value is -3.02. The van der Waals surface area contributed by atoms with Crippen LogP contribution in [0.15, 0.2) is 42.7 Å². The molecule has 1 N–H and O–H groups in total. The fraction of sp³-hybridized carbons (Fsp3) is 0.176. The number of esters is 1. The van der Waals surface area contributed by atoms with Crippen LogP contribution in [-0.2, 0) is 9.53 Å². The van der Waals surface area contributed by atoms with Crippen molar-refractivity contribution in [2.45, 2.75) is 12.8 Å². The number of ketones is 1. The van der Waals surface area contributed by atoms with E-state index in [0.717, 1.165) is 5.56 Å². The highest BCUT2D eigenvalue weighted by molar-refractivity contribution is 6.05. The van der Waals surface area contributed by atoms with E-state index >= 15 is 0 Å². The molecule has 3 rings (SSSR count). The van der Waals surface area contributed by atoms with Crippen LogP contribution in [0.4, 0.5) is 5.69 Å². The molecule has 2 aromatic rings. The molecule has 0 spiro atoms. The summed E-state index contributed by atoms with van der Waals surface area (Å²) in [5.74, 6) is -1.28. The second-order valence-corrected chi connectivity index (χ2v) is 5.25. The zero-order valence-electron chi connectivity index (χ0n) is 12.4. The lowest BCUT2D eigenvalue weighted by atomic mass is 9.99. The second kappa shape index (κ2) is 6.00. The molecule has 0 fully saturated rings. The molecule has 6 heteroatoms. The number of ether oxygens (including phenoxy) is 1. The maximum Gasteiger partial charge on any atom is 0.338 e. The van der Waals surface area contributed by atoms with Crippen LogP contribution in [0.25, 0.3) is 0 Å². The van der Waals surface area contributed by atoms with Gasteiger partial charge < -0.3 is 10.1 Å². The maximum atomic E-state index is 12.2. The van der Waals surface area contributed by atoms with Gasteiger partial charge in [0.1, 0.15) is 0 Å². The summed E-state index contributed by atoms with van der Waals surface area (Å²) < 4.78 is 5.01. The normalized spacial score (nSPS) is 15.7. The van der Waals surface area contributed by atoms with Crippen molar-refractivity contribution in [3.8, 4) is 0 Å². The number of rotatable bonds is 4. The Morgan fingerprint density at radius 3 is 2.65 bits per heavy atom. The third kappa shape index (κ3) is 2.96. The van der Waals surface area contributed by atoms with Gasteiger partial charge in [-0.1, -0.05) is 0 Å². The summed E-state index contributed by atoms with van der Waals surface area (Å²) in [7, 11) is 0. The van der Waals surface area contributed by atoms with E-state index in [4.69, 9.17) is 4.74 Å². The minimum Gasteiger partial charge on any atom is -0.454 e. The monoisotopic (exact) mass is 310 g/mol. The number of nitrogens with one attached hydrogen (secondary N) is 1. The smallest absolute Gasteiger partial charge is 0.338 e. The first kappa shape index (κ1) is 14.9. The molecule has 116 valence electrons. The molecular weight excluding hydrogens is 296 g/mol. The van der Waals surface area contributed by atoms with E-state index < -0.39 is 5.97 Å². The van der Waals surface area contributed by atoms with Crippen molar-refractivity contribution in [3.05, 3.63) is 59.4 Å². The number of anilines is 1. The molecule has 0 radical (unpaired) electrons. The third-order valence-electron chi connectivity index (χ3n) is 3.74. The molecule has 0 saturated heterocycles. The number of amides is 1. The van der Waals surface area contributed by atoms with E-state index in [9.17, 15) is 14.4 Å². The predicted octanol–water partition coefficient (Wildman–Crippen LogP) is 2.18. The summed E-state index contributed by atoms with van der Waals surface area (Å²) in [6.07, 6.45) is 2.95. The second-order valence-electron chi connectivity index (χ2n) is 5.25. The molecule has 0 bridgehead atoms. The van der Waals surface area contributed by atoms with Gasteiger partial charge in [-0.3, -0.25) is 14.6 Å². The van der Waals surface area contributed by atoms with E-state index in [-0.39, 0.29) is 24.2 Å². The lowest BCUT2D eigenvalue weighted by molar-refractivity contribution is -0.116. The summed E-state index contributed by atoms with van der Waals surface area (Å²) in [6, 6.07) is 8.00. The fourth-order valence-electron chi connectivity index (χ4n) is 2.38. The molecule has 2 heterocycles. The highest BCUT2D eigenvalue weighted by Crippen LogP contribution is 2.32. The highest BCUT2D eigenvalue weighted by Gasteiger charge is 2.27. The van der Waals surface area contributed by atoms with Crippen molar-refractivity contribution in [1.29, 1.82) is 0 Å². The number of Topliss-reactive ketones (excluding diaryl/α,β-unsaturated/α-hetero) is 1. The molecule has 0 saturated carbocycles. The number of pyridine rings is 1. The number of carbonyl (C=O) groups is 3. The summed E-state index contributed by atoms with van der Waals surface area (Å²) in [5, 5.41) is 2.74. The molecule has 0 aliphatic carbocycles. The number of fused-ring (bicyclic) bond motifs is 1. The number of aromatic nitrogens is 1. The standard InChI is InChI=1S/C17H14N2O4/c1-10-13-8-12(2-3-14(13)19-16(10)21)15(20)9-23-17(22)11-4-6-18-7-5-11/h2-8,10H,9H2,1H3,(H,19,21)/t10-/m1/s1. The molecule has 1 aromatic carbocycles. The van der Waals surface area contributed by atoms with Crippen LogP contribution in [0.5, 0.6) is 0 Å². The Morgan fingerprint density at radius 2 is 1.91 bits per heavy atom. The molecular formula is C17H14N2O4. The van der Waals surface area contributed by atoms with Gasteiger partial charge in [-0.25, -0.2) is 4.79 Å². The topological polar surface area (TPSA) is 85.4 Å². The number of hydrogen-bond donors (Lipinski definition) is 1. The van der Waals surface area contributed by atoms with Gasteiger partial charge in [-0.05, 0) is 42.8 Å². The van der Waals surface area contributed by atoms with Crippen LogP contribution in [0.3, 0.4) is 0 Å². The van der Waals surface area contributed by atoms with Gasteiger partial charge in [0.05, 0.1) is 11.5 Å². The molecule has 1 aromatic heterocycles. The third-order valence-corrected chi connectivity index (χ3v) is 3.74. The Bertz CT molecular complexity index is 786. The van der Waals surface area contributed by atoms with Crippen molar-refractivity contribution in [2.75, 3.05) is 11.9 Å². The molecule has 6 nitrogen and oxygen atoms in total. The molecule has 1 aliphatic heterocycles. The Morgan fingerprint density at radius 1 is 1.17 bits per heavy atom. The average molecular weight is 310 g/mol. The van der Waals surface area contributed by atoms with E-state index in [1.54, 1.807) is 25.1 Å². The average Bonchev–Trinajstić information content (AvgIpc) is 2.87. The van der Waals surface area contributed by atoms with E-state index in [1.807, 2.05) is 0 Å². The summed E-state index contributed by atoms with van der Waals surface area (Å²) in [5.41, 5.74) is 2.24. The van der Waals surface area contributed by atoms with E-state index in [1.165, 1.54) is 24.5 Å². The first-order valence-electron chi connectivity index (χ1n) is 7.11. The predicted molar refractivity (Wildman–Crippen MR) is 82.3 cm³/mol. The largest absolute Gasteiger partial charge is 0.454 e. The molecule has 23 heavy (non-hydrogen) atoms. The van der Waals surface area contributed by atoms with Crippen molar-refractivity contribution >= 4 is 23.3 Å². The van der Waals surface area contributed by atoms with Crippen molar-refractivity contribution in [2.24, 2.45) is 0 Å². The summed E-state index contributed by atoms with van der Waals surface area (Å²) in [4.78, 5) is 39.4. The van der Waals surface area contributed by atoms with Gasteiger partial charge in [0, 0.05) is 23.6 Å². The first-order chi connectivity index (χ1) is 11.1. The quantitative estimate of drug-likeness (QED) is 0.691. The van der Waals surface area contributed by atoms with Gasteiger partial charge in [0.15, 0.2) is 12.4 Å². The molecule has 1 atom stereocenters. The van der Waals surface area contributed by atoms with Gasteiger partial charge in [0.2, 0.25) is 5.91 Å². The van der Waals surface area contributed by atoms with Crippen LogP contribution >= 0.6 is 0 Å². The number of carbonyl (C=O) groups excluding carboxylic acids is 3.